The Hall–Kier alpha value is -1.40. The van der Waals surface area contributed by atoms with E-state index in [-0.39, 0.29) is 17.7 Å². The van der Waals surface area contributed by atoms with Gasteiger partial charge >= 0.3 is 5.97 Å². The highest BCUT2D eigenvalue weighted by atomic mass is 32.2. The molecule has 0 unspecified atom stereocenters. The van der Waals surface area contributed by atoms with Crippen molar-refractivity contribution < 1.29 is 18.3 Å². The summed E-state index contributed by atoms with van der Waals surface area (Å²) in [7, 11) is -3.34. The number of benzene rings is 1. The van der Waals surface area contributed by atoms with Gasteiger partial charge in [0, 0.05) is 6.04 Å². The number of nitrogens with one attached hydrogen (secondary N) is 1. The van der Waals surface area contributed by atoms with Gasteiger partial charge in [0.15, 0.2) is 0 Å². The van der Waals surface area contributed by atoms with E-state index in [4.69, 9.17) is 5.11 Å². The molecule has 0 amide bonds. The van der Waals surface area contributed by atoms with E-state index < -0.39 is 21.4 Å². The average molecular weight is 295 g/mol. The first kappa shape index (κ1) is 13.6. The molecule has 6 heteroatoms. The van der Waals surface area contributed by atoms with Crippen LogP contribution in [-0.2, 0) is 21.2 Å². The van der Waals surface area contributed by atoms with Crippen LogP contribution >= 0.6 is 0 Å². The van der Waals surface area contributed by atoms with Crippen molar-refractivity contribution in [3.05, 3.63) is 35.9 Å². The van der Waals surface area contributed by atoms with Gasteiger partial charge in [-0.1, -0.05) is 30.3 Å². The van der Waals surface area contributed by atoms with Gasteiger partial charge in [-0.2, -0.15) is 0 Å². The summed E-state index contributed by atoms with van der Waals surface area (Å²) >= 11 is 0. The monoisotopic (exact) mass is 295 g/mol. The topological polar surface area (TPSA) is 83.5 Å². The minimum Gasteiger partial charge on any atom is -0.481 e. The maximum absolute atomic E-state index is 12.0. The van der Waals surface area contributed by atoms with Crippen molar-refractivity contribution in [3.63, 3.8) is 0 Å². The fourth-order valence-electron chi connectivity index (χ4n) is 3.11. The lowest BCUT2D eigenvalue weighted by Gasteiger charge is -2.31. The molecule has 2 N–H and O–H groups in total. The quantitative estimate of drug-likeness (QED) is 0.820. The van der Waals surface area contributed by atoms with Crippen molar-refractivity contribution in [2.75, 3.05) is 5.75 Å². The summed E-state index contributed by atoms with van der Waals surface area (Å²) in [5, 5.41) is 9.03. The Morgan fingerprint density at radius 3 is 2.55 bits per heavy atom. The van der Waals surface area contributed by atoms with Crippen LogP contribution in [0, 0.1) is 11.3 Å². The highest BCUT2D eigenvalue weighted by molar-refractivity contribution is 7.89. The molecule has 3 atom stereocenters. The second-order valence-corrected chi connectivity index (χ2v) is 7.63. The van der Waals surface area contributed by atoms with Gasteiger partial charge in [-0.25, -0.2) is 13.1 Å². The summed E-state index contributed by atoms with van der Waals surface area (Å²) in [4.78, 5) is 11.0. The second kappa shape index (κ2) is 4.56. The normalized spacial score (nSPS) is 31.2. The number of aryl methyl sites for hydroxylation is 1. The Morgan fingerprint density at radius 2 is 2.00 bits per heavy atom. The first-order chi connectivity index (χ1) is 9.43. The summed E-state index contributed by atoms with van der Waals surface area (Å²) in [5.41, 5.74) is 0.366. The van der Waals surface area contributed by atoms with E-state index in [1.54, 1.807) is 0 Å². The molecule has 1 aromatic rings. The average Bonchev–Trinajstić information content (AvgIpc) is 3.02. The second-order valence-electron chi connectivity index (χ2n) is 5.75. The van der Waals surface area contributed by atoms with Crippen LogP contribution in [0.1, 0.15) is 18.4 Å². The van der Waals surface area contributed by atoms with E-state index in [9.17, 15) is 13.2 Å². The number of rotatable bonds is 6. The lowest BCUT2D eigenvalue weighted by molar-refractivity contribution is -0.147. The Bertz CT molecular complexity index is 628. The van der Waals surface area contributed by atoms with E-state index in [0.717, 1.165) is 5.56 Å². The van der Waals surface area contributed by atoms with Crippen LogP contribution in [0.4, 0.5) is 0 Å². The zero-order valence-electron chi connectivity index (χ0n) is 11.0. The van der Waals surface area contributed by atoms with E-state index in [0.29, 0.717) is 19.3 Å². The Morgan fingerprint density at radius 1 is 1.30 bits per heavy atom. The van der Waals surface area contributed by atoms with Gasteiger partial charge in [0.2, 0.25) is 10.0 Å². The van der Waals surface area contributed by atoms with E-state index >= 15 is 0 Å². The molecule has 0 spiro atoms. The molecule has 0 heterocycles. The largest absolute Gasteiger partial charge is 0.481 e. The van der Waals surface area contributed by atoms with Crippen LogP contribution in [0.15, 0.2) is 30.3 Å². The predicted molar refractivity (Wildman–Crippen MR) is 73.6 cm³/mol. The highest BCUT2D eigenvalue weighted by Gasteiger charge is 2.72. The third-order valence-electron chi connectivity index (χ3n) is 4.46. The van der Waals surface area contributed by atoms with Crippen LogP contribution < -0.4 is 4.72 Å². The molecule has 1 aromatic carbocycles. The summed E-state index contributed by atoms with van der Waals surface area (Å²) in [6, 6.07) is 9.26. The molecule has 0 bridgehead atoms. The number of fused-ring (bicyclic) bond motifs is 1. The summed E-state index contributed by atoms with van der Waals surface area (Å²) in [6.45, 7) is 0. The van der Waals surface area contributed by atoms with Crippen LogP contribution in [0.2, 0.25) is 0 Å². The molecule has 2 aliphatic carbocycles. The van der Waals surface area contributed by atoms with Crippen molar-refractivity contribution in [2.45, 2.75) is 25.3 Å². The molecule has 2 fully saturated rings. The molecule has 20 heavy (non-hydrogen) atoms. The number of hydrogen-bond acceptors (Lipinski definition) is 3. The first-order valence-electron chi connectivity index (χ1n) is 6.70. The van der Waals surface area contributed by atoms with Gasteiger partial charge in [0.1, 0.15) is 0 Å². The Kier molecular flexibility index (Phi) is 3.10. The standard InChI is InChI=1S/C14H17NO4S/c16-13(17)14-8-11(14)12(9-14)15-20(18,19)7-6-10-4-2-1-3-5-10/h1-5,11-12,15H,6-9H2,(H,16,17)/t11-,12-,14-/m0/s1. The van der Waals surface area contributed by atoms with Crippen molar-refractivity contribution in [1.29, 1.82) is 0 Å². The van der Waals surface area contributed by atoms with Crippen LogP contribution in [0.5, 0.6) is 0 Å². The molecule has 5 nitrogen and oxygen atoms in total. The Balaban J connectivity index is 1.52. The molecule has 0 aliphatic heterocycles. The first-order valence-corrected chi connectivity index (χ1v) is 8.35. The third-order valence-corrected chi connectivity index (χ3v) is 5.87. The molecule has 2 aliphatic rings. The van der Waals surface area contributed by atoms with Gasteiger partial charge in [0.25, 0.3) is 0 Å². The zero-order valence-corrected chi connectivity index (χ0v) is 11.8. The number of carboxylic acids is 1. The molecular formula is C14H17NO4S. The van der Waals surface area contributed by atoms with E-state index in [1.807, 2.05) is 30.3 Å². The predicted octanol–water partition coefficient (Wildman–Crippen LogP) is 1.01. The summed E-state index contributed by atoms with van der Waals surface area (Å²) in [5.74, 6) is -0.755. The van der Waals surface area contributed by atoms with Gasteiger partial charge in [0.05, 0.1) is 11.2 Å². The van der Waals surface area contributed by atoms with Crippen molar-refractivity contribution in [1.82, 2.24) is 4.72 Å². The fourth-order valence-corrected chi connectivity index (χ4v) is 4.44. The maximum Gasteiger partial charge on any atom is 0.310 e. The molecular weight excluding hydrogens is 278 g/mol. The summed E-state index contributed by atoms with van der Waals surface area (Å²) < 4.78 is 26.6. The number of carbonyl (C=O) groups is 1. The van der Waals surface area contributed by atoms with Crippen LogP contribution in [0.25, 0.3) is 0 Å². The molecule has 108 valence electrons. The lowest BCUT2D eigenvalue weighted by atomic mass is 9.81. The van der Waals surface area contributed by atoms with Gasteiger partial charge in [-0.15, -0.1) is 0 Å². The SMILES string of the molecule is O=C(O)[C@@]12C[C@H](NS(=O)(=O)CCc3ccccc3)[C@@H]1C2. The van der Waals surface area contributed by atoms with E-state index in [2.05, 4.69) is 4.72 Å². The van der Waals surface area contributed by atoms with Crippen LogP contribution in [-0.4, -0.2) is 31.3 Å². The highest BCUT2D eigenvalue weighted by Crippen LogP contribution is 2.67. The lowest BCUT2D eigenvalue weighted by Crippen LogP contribution is -2.49. The van der Waals surface area contributed by atoms with Crippen molar-refractivity contribution >= 4 is 16.0 Å². The van der Waals surface area contributed by atoms with Gasteiger partial charge in [-0.05, 0) is 30.7 Å². The van der Waals surface area contributed by atoms with Gasteiger partial charge < -0.3 is 5.11 Å². The molecule has 2 saturated carbocycles. The molecule has 0 aromatic heterocycles. The van der Waals surface area contributed by atoms with Crippen molar-refractivity contribution in [3.8, 4) is 0 Å². The molecule has 0 radical (unpaired) electrons. The maximum atomic E-state index is 12.0. The van der Waals surface area contributed by atoms with Crippen molar-refractivity contribution in [2.24, 2.45) is 11.3 Å². The third kappa shape index (κ3) is 2.33. The molecule has 3 rings (SSSR count). The minimum atomic E-state index is -3.34. The van der Waals surface area contributed by atoms with Gasteiger partial charge in [-0.3, -0.25) is 4.79 Å². The van der Waals surface area contributed by atoms with Crippen LogP contribution in [0.3, 0.4) is 0 Å². The number of sulfonamides is 1. The Labute approximate surface area is 118 Å². The zero-order chi connectivity index (χ0) is 14.4. The molecule has 0 saturated heterocycles. The number of aliphatic carboxylic acids is 1. The number of carboxylic acid groups (broad SMARTS) is 1. The fraction of sp³-hybridized carbons (Fsp3) is 0.500. The minimum absolute atomic E-state index is 0.00787. The number of hydrogen-bond donors (Lipinski definition) is 2. The summed E-state index contributed by atoms with van der Waals surface area (Å²) in [6.07, 6.45) is 1.50. The smallest absolute Gasteiger partial charge is 0.310 e. The van der Waals surface area contributed by atoms with E-state index in [1.165, 1.54) is 0 Å².